The Morgan fingerprint density at radius 3 is 2.40 bits per heavy atom. The highest BCUT2D eigenvalue weighted by atomic mass is 16.5. The van der Waals surface area contributed by atoms with Gasteiger partial charge in [0.05, 0.1) is 7.11 Å². The highest BCUT2D eigenvalue weighted by Gasteiger charge is 1.89. The normalized spacial score (nSPS) is 9.85. The fourth-order valence-electron chi connectivity index (χ4n) is 1.57. The molecule has 0 heterocycles. The van der Waals surface area contributed by atoms with Gasteiger partial charge in [-0.1, -0.05) is 30.0 Å². The second kappa shape index (κ2) is 7.70. The number of allylic oxidation sites excluding steroid dienone is 1. The summed E-state index contributed by atoms with van der Waals surface area (Å²) in [7, 11) is 1.65. The van der Waals surface area contributed by atoms with Crippen molar-refractivity contribution < 1.29 is 9.47 Å². The molecule has 2 nitrogen and oxygen atoms in total. The van der Waals surface area contributed by atoms with Crippen molar-refractivity contribution in [1.82, 2.24) is 0 Å². The Morgan fingerprint density at radius 1 is 0.950 bits per heavy atom. The molecule has 0 bridgehead atoms. The second-order valence-electron chi connectivity index (χ2n) is 4.02. The summed E-state index contributed by atoms with van der Waals surface area (Å²) in [4.78, 5) is 0. The van der Waals surface area contributed by atoms with Crippen molar-refractivity contribution in [2.24, 2.45) is 0 Å². The quantitative estimate of drug-likeness (QED) is 0.784. The molecule has 0 saturated heterocycles. The predicted molar refractivity (Wildman–Crippen MR) is 80.9 cm³/mol. The summed E-state index contributed by atoms with van der Waals surface area (Å²) < 4.78 is 10.6. The van der Waals surface area contributed by atoms with E-state index in [0.29, 0.717) is 6.61 Å². The van der Waals surface area contributed by atoms with E-state index in [9.17, 15) is 0 Å². The summed E-state index contributed by atoms with van der Waals surface area (Å²) in [5.74, 6) is 7.72. The van der Waals surface area contributed by atoms with E-state index in [-0.39, 0.29) is 0 Å². The van der Waals surface area contributed by atoms with E-state index < -0.39 is 0 Å². The van der Waals surface area contributed by atoms with E-state index in [4.69, 9.17) is 9.47 Å². The van der Waals surface area contributed by atoms with Gasteiger partial charge in [0.15, 0.2) is 0 Å². The Kier molecular flexibility index (Phi) is 5.30. The molecule has 0 unspecified atom stereocenters. The molecular weight excluding hydrogens is 248 g/mol. The van der Waals surface area contributed by atoms with Crippen LogP contribution in [-0.4, -0.2) is 13.7 Å². The zero-order valence-electron chi connectivity index (χ0n) is 11.4. The summed E-state index contributed by atoms with van der Waals surface area (Å²) in [5, 5.41) is 0. The van der Waals surface area contributed by atoms with Gasteiger partial charge in [0, 0.05) is 5.56 Å². The fraction of sp³-hybridized carbons (Fsp3) is 0.111. The Balaban J connectivity index is 1.80. The molecule has 0 aromatic heterocycles. The molecular formula is C18H16O2. The third-order valence-corrected chi connectivity index (χ3v) is 2.60. The average molecular weight is 264 g/mol. The molecule has 0 aliphatic heterocycles. The predicted octanol–water partition coefficient (Wildman–Crippen LogP) is 3.68. The Hall–Kier alpha value is -2.66. The molecule has 0 spiro atoms. The number of hydrogen-bond donors (Lipinski definition) is 0. The molecule has 0 fully saturated rings. The lowest BCUT2D eigenvalue weighted by Gasteiger charge is -2.00. The number of benzene rings is 2. The molecule has 0 aliphatic rings. The lowest BCUT2D eigenvalue weighted by molar-refractivity contribution is 0.363. The SMILES string of the molecule is COc1ccc(C#C/C=C\COc2ccccc2)cc1. The van der Waals surface area contributed by atoms with Gasteiger partial charge in [-0.3, -0.25) is 0 Å². The third-order valence-electron chi connectivity index (χ3n) is 2.60. The molecule has 2 aromatic rings. The smallest absolute Gasteiger partial charge is 0.119 e. The lowest BCUT2D eigenvalue weighted by atomic mass is 10.2. The Morgan fingerprint density at radius 2 is 1.70 bits per heavy atom. The lowest BCUT2D eigenvalue weighted by Crippen LogP contribution is -1.91. The van der Waals surface area contributed by atoms with Gasteiger partial charge < -0.3 is 9.47 Å². The van der Waals surface area contributed by atoms with Crippen LogP contribution in [0.5, 0.6) is 11.5 Å². The molecule has 0 aliphatic carbocycles. The number of para-hydroxylation sites is 1. The van der Waals surface area contributed by atoms with E-state index in [1.807, 2.05) is 60.7 Å². The fourth-order valence-corrected chi connectivity index (χ4v) is 1.57. The van der Waals surface area contributed by atoms with Gasteiger partial charge in [-0.15, -0.1) is 0 Å². The van der Waals surface area contributed by atoms with Gasteiger partial charge in [0.2, 0.25) is 0 Å². The zero-order chi connectivity index (χ0) is 14.0. The van der Waals surface area contributed by atoms with Gasteiger partial charge in [-0.05, 0) is 48.6 Å². The first-order valence-electron chi connectivity index (χ1n) is 6.37. The zero-order valence-corrected chi connectivity index (χ0v) is 11.4. The minimum absolute atomic E-state index is 0.515. The van der Waals surface area contributed by atoms with Crippen LogP contribution in [0, 0.1) is 11.8 Å². The van der Waals surface area contributed by atoms with Crippen molar-refractivity contribution in [1.29, 1.82) is 0 Å². The van der Waals surface area contributed by atoms with E-state index in [1.54, 1.807) is 13.2 Å². The Labute approximate surface area is 119 Å². The molecule has 2 heteroatoms. The number of ether oxygens (including phenoxy) is 2. The van der Waals surface area contributed by atoms with Crippen molar-refractivity contribution in [3.05, 3.63) is 72.3 Å². The van der Waals surface area contributed by atoms with Crippen LogP contribution in [0.4, 0.5) is 0 Å². The third kappa shape index (κ3) is 4.55. The first-order valence-corrected chi connectivity index (χ1v) is 6.37. The van der Waals surface area contributed by atoms with Crippen LogP contribution in [-0.2, 0) is 0 Å². The summed E-state index contributed by atoms with van der Waals surface area (Å²) in [6.07, 6.45) is 3.69. The average Bonchev–Trinajstić information content (AvgIpc) is 2.52. The number of methoxy groups -OCH3 is 1. The summed E-state index contributed by atoms with van der Waals surface area (Å²) >= 11 is 0. The monoisotopic (exact) mass is 264 g/mol. The largest absolute Gasteiger partial charge is 0.497 e. The molecule has 0 atom stereocenters. The van der Waals surface area contributed by atoms with Crippen molar-refractivity contribution in [3.8, 4) is 23.3 Å². The molecule has 0 N–H and O–H groups in total. The molecule has 2 aromatic carbocycles. The van der Waals surface area contributed by atoms with Gasteiger partial charge in [0.25, 0.3) is 0 Å². The van der Waals surface area contributed by atoms with Crippen LogP contribution in [0.1, 0.15) is 5.56 Å². The standard InChI is InChI=1S/C18H16O2/c1-19-17-13-11-16(12-14-17)8-4-3-7-15-20-18-9-5-2-6-10-18/h2-3,5-7,9-14H,15H2,1H3/b7-3-. The molecule has 20 heavy (non-hydrogen) atoms. The number of rotatable bonds is 4. The van der Waals surface area contributed by atoms with E-state index >= 15 is 0 Å². The molecule has 0 radical (unpaired) electrons. The first kappa shape index (κ1) is 13.8. The van der Waals surface area contributed by atoms with E-state index in [1.165, 1.54) is 0 Å². The minimum atomic E-state index is 0.515. The van der Waals surface area contributed by atoms with Crippen molar-refractivity contribution in [2.45, 2.75) is 0 Å². The number of hydrogen-bond acceptors (Lipinski definition) is 2. The van der Waals surface area contributed by atoms with Crippen LogP contribution < -0.4 is 9.47 Å². The maximum absolute atomic E-state index is 5.52. The van der Waals surface area contributed by atoms with Crippen LogP contribution in [0.3, 0.4) is 0 Å². The van der Waals surface area contributed by atoms with Crippen molar-refractivity contribution >= 4 is 0 Å². The van der Waals surface area contributed by atoms with Gasteiger partial charge in [-0.2, -0.15) is 0 Å². The van der Waals surface area contributed by atoms with Gasteiger partial charge >= 0.3 is 0 Å². The maximum atomic E-state index is 5.52. The second-order valence-corrected chi connectivity index (χ2v) is 4.02. The van der Waals surface area contributed by atoms with Crippen molar-refractivity contribution in [2.75, 3.05) is 13.7 Å². The highest BCUT2D eigenvalue weighted by molar-refractivity contribution is 5.40. The van der Waals surface area contributed by atoms with Gasteiger partial charge in [0.1, 0.15) is 18.1 Å². The first-order chi connectivity index (χ1) is 9.88. The Bertz CT molecular complexity index is 601. The topological polar surface area (TPSA) is 18.5 Å². The molecule has 0 amide bonds. The minimum Gasteiger partial charge on any atom is -0.497 e. The van der Waals surface area contributed by atoms with Crippen LogP contribution in [0.25, 0.3) is 0 Å². The highest BCUT2D eigenvalue weighted by Crippen LogP contribution is 2.10. The summed E-state index contributed by atoms with van der Waals surface area (Å²) in [5.41, 5.74) is 0.958. The maximum Gasteiger partial charge on any atom is 0.119 e. The van der Waals surface area contributed by atoms with Crippen LogP contribution in [0.2, 0.25) is 0 Å². The van der Waals surface area contributed by atoms with Crippen LogP contribution in [0.15, 0.2) is 66.7 Å². The molecule has 100 valence electrons. The van der Waals surface area contributed by atoms with Crippen molar-refractivity contribution in [3.63, 3.8) is 0 Å². The van der Waals surface area contributed by atoms with Gasteiger partial charge in [-0.25, -0.2) is 0 Å². The summed E-state index contributed by atoms with van der Waals surface area (Å²) in [6.45, 7) is 0.515. The van der Waals surface area contributed by atoms with E-state index in [2.05, 4.69) is 11.8 Å². The summed E-state index contributed by atoms with van der Waals surface area (Å²) in [6, 6.07) is 17.4. The van der Waals surface area contributed by atoms with E-state index in [0.717, 1.165) is 17.1 Å². The molecule has 2 rings (SSSR count). The molecule has 0 saturated carbocycles. The van der Waals surface area contributed by atoms with Crippen LogP contribution >= 0.6 is 0 Å².